The minimum Gasteiger partial charge on any atom is -0.465 e. The summed E-state index contributed by atoms with van der Waals surface area (Å²) in [6.45, 7) is 4.12. The fraction of sp³-hybridized carbons (Fsp3) is 0.545. The van der Waals surface area contributed by atoms with Crippen LogP contribution >= 0.6 is 0 Å². The second-order valence-electron chi connectivity index (χ2n) is 3.81. The van der Waals surface area contributed by atoms with Crippen molar-refractivity contribution in [1.82, 2.24) is 10.6 Å². The molecule has 88 valence electrons. The Hall–Kier alpha value is -1.33. The summed E-state index contributed by atoms with van der Waals surface area (Å²) in [7, 11) is 0. The Morgan fingerprint density at radius 1 is 1.62 bits per heavy atom. The van der Waals surface area contributed by atoms with Gasteiger partial charge in [0.05, 0.1) is 19.8 Å². The maximum atomic E-state index is 11.7. The minimum atomic E-state index is -0.246. The van der Waals surface area contributed by atoms with Gasteiger partial charge in [0, 0.05) is 6.54 Å². The van der Waals surface area contributed by atoms with Crippen molar-refractivity contribution in [2.75, 3.05) is 19.8 Å². The van der Waals surface area contributed by atoms with E-state index in [1.54, 1.807) is 0 Å². The van der Waals surface area contributed by atoms with Crippen molar-refractivity contribution in [2.24, 2.45) is 0 Å². The molecule has 1 saturated heterocycles. The van der Waals surface area contributed by atoms with E-state index in [4.69, 9.17) is 9.15 Å². The van der Waals surface area contributed by atoms with Gasteiger partial charge in [-0.05, 0) is 19.1 Å². The van der Waals surface area contributed by atoms with Crippen LogP contribution in [0.3, 0.4) is 0 Å². The molecule has 0 radical (unpaired) electrons. The first kappa shape index (κ1) is 11.2. The molecule has 0 saturated carbocycles. The number of rotatable bonds is 3. The lowest BCUT2D eigenvalue weighted by atomic mass is 10.2. The number of ether oxygens (including phenoxy) is 1. The molecular weight excluding hydrogens is 208 g/mol. The van der Waals surface area contributed by atoms with Gasteiger partial charge in [-0.1, -0.05) is 0 Å². The number of carbonyl (C=O) groups excluding carboxylic acids is 1. The summed E-state index contributed by atoms with van der Waals surface area (Å²) >= 11 is 0. The fourth-order valence-electron chi connectivity index (χ4n) is 1.61. The molecule has 1 fully saturated rings. The molecule has 5 nitrogen and oxygen atoms in total. The second-order valence-corrected chi connectivity index (χ2v) is 3.81. The number of nitrogens with one attached hydrogen (secondary N) is 2. The first-order chi connectivity index (χ1) is 7.75. The Morgan fingerprint density at radius 3 is 3.12 bits per heavy atom. The molecule has 1 unspecified atom stereocenters. The molecule has 16 heavy (non-hydrogen) atoms. The number of aryl methyl sites for hydroxylation is 1. The van der Waals surface area contributed by atoms with E-state index in [1.165, 1.54) is 0 Å². The summed E-state index contributed by atoms with van der Waals surface area (Å²) in [6, 6.07) is 3.49. The topological polar surface area (TPSA) is 63.5 Å². The van der Waals surface area contributed by atoms with Crippen molar-refractivity contribution in [3.63, 3.8) is 0 Å². The number of morpholine rings is 1. The van der Waals surface area contributed by atoms with E-state index < -0.39 is 0 Å². The lowest BCUT2D eigenvalue weighted by Crippen LogP contribution is -2.51. The number of carbonyl (C=O) groups is 1. The van der Waals surface area contributed by atoms with E-state index in [-0.39, 0.29) is 11.9 Å². The largest absolute Gasteiger partial charge is 0.465 e. The monoisotopic (exact) mass is 224 g/mol. The summed E-state index contributed by atoms with van der Waals surface area (Å²) in [5, 5.41) is 5.90. The number of amides is 1. The predicted molar refractivity (Wildman–Crippen MR) is 57.9 cm³/mol. The van der Waals surface area contributed by atoms with Crippen molar-refractivity contribution in [3.05, 3.63) is 23.7 Å². The van der Waals surface area contributed by atoms with E-state index in [1.807, 2.05) is 19.1 Å². The standard InChI is InChI=1S/C11H16N2O3/c1-8-2-3-9(16-8)6-13-11(14)10-7-15-5-4-12-10/h2-3,10,12H,4-7H2,1H3,(H,13,14). The third kappa shape index (κ3) is 2.84. The highest BCUT2D eigenvalue weighted by atomic mass is 16.5. The zero-order chi connectivity index (χ0) is 11.4. The van der Waals surface area contributed by atoms with Crippen molar-refractivity contribution in [2.45, 2.75) is 19.5 Å². The third-order valence-corrected chi connectivity index (χ3v) is 2.47. The van der Waals surface area contributed by atoms with Crippen LogP contribution in [-0.2, 0) is 16.1 Å². The Bertz CT molecular complexity index is 356. The molecule has 0 aliphatic carbocycles. The van der Waals surface area contributed by atoms with Crippen LogP contribution in [0.2, 0.25) is 0 Å². The molecule has 0 bridgehead atoms. The van der Waals surface area contributed by atoms with Crippen LogP contribution in [0, 0.1) is 6.92 Å². The van der Waals surface area contributed by atoms with Crippen LogP contribution in [0.25, 0.3) is 0 Å². The van der Waals surface area contributed by atoms with Gasteiger partial charge in [0.15, 0.2) is 0 Å². The van der Waals surface area contributed by atoms with E-state index in [0.29, 0.717) is 19.8 Å². The average molecular weight is 224 g/mol. The highest BCUT2D eigenvalue weighted by Crippen LogP contribution is 2.05. The minimum absolute atomic E-state index is 0.0475. The van der Waals surface area contributed by atoms with Crippen LogP contribution in [0.4, 0.5) is 0 Å². The molecule has 5 heteroatoms. The van der Waals surface area contributed by atoms with Crippen LogP contribution in [0.5, 0.6) is 0 Å². The van der Waals surface area contributed by atoms with Gasteiger partial charge < -0.3 is 19.8 Å². The van der Waals surface area contributed by atoms with Crippen molar-refractivity contribution >= 4 is 5.91 Å². The van der Waals surface area contributed by atoms with Gasteiger partial charge in [0.2, 0.25) is 5.91 Å². The Kier molecular flexibility index (Phi) is 3.58. The van der Waals surface area contributed by atoms with Gasteiger partial charge in [0.25, 0.3) is 0 Å². The lowest BCUT2D eigenvalue weighted by molar-refractivity contribution is -0.126. The highest BCUT2D eigenvalue weighted by molar-refractivity contribution is 5.81. The summed E-state index contributed by atoms with van der Waals surface area (Å²) in [5.74, 6) is 1.57. The molecule has 0 aromatic carbocycles. The van der Waals surface area contributed by atoms with Crippen molar-refractivity contribution in [3.8, 4) is 0 Å². The third-order valence-electron chi connectivity index (χ3n) is 2.47. The first-order valence-electron chi connectivity index (χ1n) is 5.40. The average Bonchev–Trinajstić information content (AvgIpc) is 2.73. The zero-order valence-corrected chi connectivity index (χ0v) is 9.29. The van der Waals surface area contributed by atoms with Gasteiger partial charge in [-0.15, -0.1) is 0 Å². The SMILES string of the molecule is Cc1ccc(CNC(=O)C2COCCN2)o1. The molecule has 1 aliphatic heterocycles. The molecule has 1 aliphatic rings. The van der Waals surface area contributed by atoms with Crippen LogP contribution in [0.15, 0.2) is 16.5 Å². The van der Waals surface area contributed by atoms with Gasteiger partial charge >= 0.3 is 0 Å². The molecule has 1 atom stereocenters. The normalized spacial score (nSPS) is 20.7. The van der Waals surface area contributed by atoms with E-state index in [9.17, 15) is 4.79 Å². The van der Waals surface area contributed by atoms with E-state index in [0.717, 1.165) is 18.1 Å². The molecule has 0 spiro atoms. The molecule has 1 amide bonds. The Morgan fingerprint density at radius 2 is 2.50 bits per heavy atom. The molecule has 1 aromatic heterocycles. The summed E-state index contributed by atoms with van der Waals surface area (Å²) < 4.78 is 10.6. The zero-order valence-electron chi connectivity index (χ0n) is 9.29. The fourth-order valence-corrected chi connectivity index (χ4v) is 1.61. The number of hydrogen-bond donors (Lipinski definition) is 2. The Balaban J connectivity index is 1.78. The molecule has 2 N–H and O–H groups in total. The van der Waals surface area contributed by atoms with Crippen LogP contribution < -0.4 is 10.6 Å². The van der Waals surface area contributed by atoms with Crippen LogP contribution in [0.1, 0.15) is 11.5 Å². The van der Waals surface area contributed by atoms with E-state index in [2.05, 4.69) is 10.6 Å². The summed E-state index contributed by atoms with van der Waals surface area (Å²) in [5.41, 5.74) is 0. The first-order valence-corrected chi connectivity index (χ1v) is 5.40. The Labute approximate surface area is 94.1 Å². The molecule has 2 rings (SSSR count). The molecule has 2 heterocycles. The molecule has 1 aromatic rings. The lowest BCUT2D eigenvalue weighted by Gasteiger charge is -2.22. The van der Waals surface area contributed by atoms with E-state index >= 15 is 0 Å². The quantitative estimate of drug-likeness (QED) is 0.769. The van der Waals surface area contributed by atoms with Gasteiger partial charge in [0.1, 0.15) is 17.6 Å². The maximum absolute atomic E-state index is 11.7. The van der Waals surface area contributed by atoms with Gasteiger partial charge in [-0.25, -0.2) is 0 Å². The number of hydrogen-bond acceptors (Lipinski definition) is 4. The van der Waals surface area contributed by atoms with Gasteiger partial charge in [-0.3, -0.25) is 4.79 Å². The van der Waals surface area contributed by atoms with Gasteiger partial charge in [-0.2, -0.15) is 0 Å². The van der Waals surface area contributed by atoms with Crippen molar-refractivity contribution < 1.29 is 13.9 Å². The predicted octanol–water partition coefficient (Wildman–Crippen LogP) is 0.193. The second kappa shape index (κ2) is 5.14. The van der Waals surface area contributed by atoms with Crippen molar-refractivity contribution in [1.29, 1.82) is 0 Å². The summed E-state index contributed by atoms with van der Waals surface area (Å²) in [6.07, 6.45) is 0. The summed E-state index contributed by atoms with van der Waals surface area (Å²) in [4.78, 5) is 11.7. The molecular formula is C11H16N2O3. The van der Waals surface area contributed by atoms with Crippen LogP contribution in [-0.4, -0.2) is 31.7 Å². The maximum Gasteiger partial charge on any atom is 0.239 e. The highest BCUT2D eigenvalue weighted by Gasteiger charge is 2.20. The smallest absolute Gasteiger partial charge is 0.239 e. The number of furan rings is 1.